The van der Waals surface area contributed by atoms with E-state index < -0.39 is 0 Å². The summed E-state index contributed by atoms with van der Waals surface area (Å²) < 4.78 is 0. The van der Waals surface area contributed by atoms with Gasteiger partial charge in [-0.2, -0.15) is 10.4 Å². The van der Waals surface area contributed by atoms with Crippen molar-refractivity contribution < 1.29 is 5.11 Å². The largest absolute Gasteiger partial charge is 0.506 e. The number of aromatic nitrogens is 4. The summed E-state index contributed by atoms with van der Waals surface area (Å²) in [6.45, 7) is 6.84. The lowest BCUT2D eigenvalue weighted by molar-refractivity contribution is 0.434. The van der Waals surface area contributed by atoms with E-state index >= 15 is 0 Å². The number of aliphatic imine (C=N–C) groups is 1. The zero-order valence-corrected chi connectivity index (χ0v) is 14.4. The van der Waals surface area contributed by atoms with Crippen LogP contribution >= 0.6 is 0 Å². The van der Waals surface area contributed by atoms with E-state index in [0.717, 1.165) is 0 Å². The minimum absolute atomic E-state index is 0.113. The molecule has 2 heterocycles. The summed E-state index contributed by atoms with van der Waals surface area (Å²) in [6.07, 6.45) is 11.5. The van der Waals surface area contributed by atoms with E-state index in [2.05, 4.69) is 43.8 Å². The van der Waals surface area contributed by atoms with Crippen molar-refractivity contribution in [1.29, 1.82) is 5.26 Å². The average Bonchev–Trinajstić information content (AvgIpc) is 3.38. The highest BCUT2D eigenvalue weighted by Crippen LogP contribution is 2.21. The van der Waals surface area contributed by atoms with E-state index in [1.165, 1.54) is 50.6 Å². The van der Waals surface area contributed by atoms with E-state index in [1.807, 2.05) is 6.07 Å². The number of hydrogen-bond acceptors (Lipinski definition) is 7. The predicted octanol–water partition coefficient (Wildman–Crippen LogP) is 3.88. The molecular formula is C18H21N7O. The number of nitrogens with zero attached hydrogens (tertiary/aromatic N) is 5. The Hall–Kier alpha value is -3.47. The standard InChI is InChI=1S/C13H11N7O.C5H10/c1-3-10(21)13(15-2)9-4-11(20-19-9)18-12-7-16-8(5-14)6-17-12;1-2-4-5-3-1/h3-4,6-7,21H,1-2H2,(H2,17,18,19,20);1-5H2/b13-10+;. The molecule has 0 spiro atoms. The molecule has 1 fully saturated rings. The van der Waals surface area contributed by atoms with Crippen LogP contribution in [0.3, 0.4) is 0 Å². The predicted molar refractivity (Wildman–Crippen MR) is 101 cm³/mol. The third kappa shape index (κ3) is 5.27. The van der Waals surface area contributed by atoms with Crippen LogP contribution in [0.1, 0.15) is 43.5 Å². The summed E-state index contributed by atoms with van der Waals surface area (Å²) in [7, 11) is 0. The summed E-state index contributed by atoms with van der Waals surface area (Å²) in [4.78, 5) is 11.6. The van der Waals surface area contributed by atoms with Crippen molar-refractivity contribution in [1.82, 2.24) is 20.2 Å². The van der Waals surface area contributed by atoms with E-state index in [-0.39, 0.29) is 17.2 Å². The van der Waals surface area contributed by atoms with Crippen LogP contribution in [-0.4, -0.2) is 32.0 Å². The fourth-order valence-electron chi connectivity index (χ4n) is 2.37. The van der Waals surface area contributed by atoms with Crippen LogP contribution in [0.15, 0.2) is 41.9 Å². The van der Waals surface area contributed by atoms with Gasteiger partial charge < -0.3 is 10.4 Å². The fourth-order valence-corrected chi connectivity index (χ4v) is 2.37. The van der Waals surface area contributed by atoms with Crippen LogP contribution < -0.4 is 5.32 Å². The van der Waals surface area contributed by atoms with Crippen molar-refractivity contribution in [3.8, 4) is 6.07 Å². The first-order chi connectivity index (χ1) is 12.7. The first-order valence-corrected chi connectivity index (χ1v) is 8.25. The lowest BCUT2D eigenvalue weighted by Crippen LogP contribution is -1.95. The van der Waals surface area contributed by atoms with Gasteiger partial charge in [0, 0.05) is 6.07 Å². The molecule has 3 N–H and O–H groups in total. The lowest BCUT2D eigenvalue weighted by Gasteiger charge is -2.00. The molecule has 0 unspecified atom stereocenters. The van der Waals surface area contributed by atoms with Crippen LogP contribution in [0.25, 0.3) is 5.70 Å². The summed E-state index contributed by atoms with van der Waals surface area (Å²) in [5, 5.41) is 27.9. The van der Waals surface area contributed by atoms with Gasteiger partial charge in [-0.25, -0.2) is 9.97 Å². The van der Waals surface area contributed by atoms with Gasteiger partial charge in [0.2, 0.25) is 0 Å². The molecule has 0 saturated heterocycles. The summed E-state index contributed by atoms with van der Waals surface area (Å²) in [5.74, 6) is 0.762. The van der Waals surface area contributed by atoms with Crippen LogP contribution in [0.4, 0.5) is 11.6 Å². The Morgan fingerprint density at radius 1 is 1.23 bits per heavy atom. The minimum atomic E-state index is -0.113. The number of aromatic amines is 1. The highest BCUT2D eigenvalue weighted by Gasteiger charge is 2.09. The number of aliphatic hydroxyl groups is 1. The summed E-state index contributed by atoms with van der Waals surface area (Å²) in [6, 6.07) is 3.49. The second kappa shape index (κ2) is 9.74. The second-order valence-electron chi connectivity index (χ2n) is 5.55. The molecule has 1 aliphatic rings. The van der Waals surface area contributed by atoms with Crippen molar-refractivity contribution in [2.24, 2.45) is 4.99 Å². The maximum absolute atomic E-state index is 9.63. The highest BCUT2D eigenvalue weighted by atomic mass is 16.3. The number of H-pyrrole nitrogens is 1. The lowest BCUT2D eigenvalue weighted by atomic mass is 10.2. The third-order valence-electron chi connectivity index (χ3n) is 3.70. The zero-order valence-electron chi connectivity index (χ0n) is 14.4. The van der Waals surface area contributed by atoms with Gasteiger partial charge >= 0.3 is 0 Å². The number of allylic oxidation sites excluding steroid dienone is 1. The SMILES string of the molecule is C1CCCC1.C=C/C(O)=C(\N=C)c1cc(Nc2cnc(C#N)cn2)n[nH]1. The van der Waals surface area contributed by atoms with Gasteiger partial charge in [0.1, 0.15) is 23.3 Å². The van der Waals surface area contributed by atoms with Crippen LogP contribution in [0.5, 0.6) is 0 Å². The summed E-state index contributed by atoms with van der Waals surface area (Å²) in [5.41, 5.74) is 0.920. The zero-order chi connectivity index (χ0) is 18.8. The molecule has 0 aromatic carbocycles. The molecular weight excluding hydrogens is 330 g/mol. The fraction of sp³-hybridized carbons (Fsp3) is 0.278. The van der Waals surface area contributed by atoms with Crippen molar-refractivity contribution in [2.45, 2.75) is 32.1 Å². The van der Waals surface area contributed by atoms with Gasteiger partial charge in [0.15, 0.2) is 11.5 Å². The van der Waals surface area contributed by atoms with E-state index in [9.17, 15) is 5.11 Å². The Kier molecular flexibility index (Phi) is 7.06. The smallest absolute Gasteiger partial charge is 0.158 e. The number of rotatable bonds is 5. The molecule has 1 aliphatic carbocycles. The van der Waals surface area contributed by atoms with Crippen molar-refractivity contribution in [2.75, 3.05) is 5.32 Å². The van der Waals surface area contributed by atoms with Gasteiger partial charge in [-0.05, 0) is 12.8 Å². The molecule has 134 valence electrons. The van der Waals surface area contributed by atoms with Crippen LogP contribution in [0.2, 0.25) is 0 Å². The number of anilines is 2. The molecule has 2 aromatic rings. The summed E-state index contributed by atoms with van der Waals surface area (Å²) >= 11 is 0. The van der Waals surface area contributed by atoms with Gasteiger partial charge in [-0.3, -0.25) is 10.1 Å². The number of aliphatic hydroxyl groups excluding tert-OH is 1. The Morgan fingerprint density at radius 2 is 1.92 bits per heavy atom. The van der Waals surface area contributed by atoms with Crippen molar-refractivity contribution in [3.05, 3.63) is 48.3 Å². The van der Waals surface area contributed by atoms with Crippen molar-refractivity contribution in [3.63, 3.8) is 0 Å². The Morgan fingerprint density at radius 3 is 2.42 bits per heavy atom. The maximum Gasteiger partial charge on any atom is 0.158 e. The molecule has 8 nitrogen and oxygen atoms in total. The Bertz CT molecular complexity index is 803. The highest BCUT2D eigenvalue weighted by molar-refractivity contribution is 5.71. The maximum atomic E-state index is 9.63. The average molecular weight is 351 g/mol. The monoisotopic (exact) mass is 351 g/mol. The van der Waals surface area contributed by atoms with Crippen molar-refractivity contribution >= 4 is 24.1 Å². The second-order valence-corrected chi connectivity index (χ2v) is 5.55. The van der Waals surface area contributed by atoms with E-state index in [1.54, 1.807) is 6.07 Å². The molecule has 0 amide bonds. The molecule has 0 bridgehead atoms. The minimum Gasteiger partial charge on any atom is -0.506 e. The number of nitriles is 1. The van der Waals surface area contributed by atoms with E-state index in [4.69, 9.17) is 5.26 Å². The molecule has 0 aliphatic heterocycles. The Labute approximate surface area is 152 Å². The first kappa shape index (κ1) is 18.9. The first-order valence-electron chi connectivity index (χ1n) is 8.25. The molecule has 1 saturated carbocycles. The van der Waals surface area contributed by atoms with Gasteiger partial charge in [0.25, 0.3) is 0 Å². The van der Waals surface area contributed by atoms with Gasteiger partial charge in [-0.15, -0.1) is 0 Å². The molecule has 8 heteroatoms. The number of nitrogens with one attached hydrogen (secondary N) is 2. The van der Waals surface area contributed by atoms with Crippen LogP contribution in [0, 0.1) is 11.3 Å². The normalized spacial score (nSPS) is 13.7. The van der Waals surface area contributed by atoms with E-state index in [0.29, 0.717) is 17.3 Å². The quantitative estimate of drug-likeness (QED) is 0.427. The molecule has 3 rings (SSSR count). The number of hydrogen-bond donors (Lipinski definition) is 3. The van der Waals surface area contributed by atoms with Gasteiger partial charge in [0.05, 0.1) is 18.1 Å². The topological polar surface area (TPSA) is 123 Å². The van der Waals surface area contributed by atoms with Gasteiger partial charge in [-0.1, -0.05) is 38.7 Å². The molecule has 0 atom stereocenters. The Balaban J connectivity index is 0.000000417. The van der Waals surface area contributed by atoms with Crippen LogP contribution in [-0.2, 0) is 0 Å². The molecule has 0 radical (unpaired) electrons. The third-order valence-corrected chi connectivity index (χ3v) is 3.70. The molecule has 26 heavy (non-hydrogen) atoms. The molecule has 2 aromatic heterocycles.